The SMILES string of the molecule is CCOCCOCC(N)COCCC(=O)Nc1cccc2c1CN(C1CCC(=O)NC1=O)C2=O. The number of amides is 4. The van der Waals surface area contributed by atoms with E-state index in [1.54, 1.807) is 18.2 Å². The molecule has 2 unspecified atom stereocenters. The Hall–Kier alpha value is -2.86. The maximum absolute atomic E-state index is 12.9. The second-order valence-corrected chi connectivity index (χ2v) is 8.14. The Bertz CT molecular complexity index is 907. The van der Waals surface area contributed by atoms with E-state index in [0.29, 0.717) is 43.2 Å². The average Bonchev–Trinajstić information content (AvgIpc) is 3.14. The number of nitrogens with zero attached hydrogens (tertiary/aromatic N) is 1. The number of fused-ring (bicyclic) bond motifs is 1. The molecule has 1 fully saturated rings. The first-order valence-corrected chi connectivity index (χ1v) is 11.5. The Kier molecular flexibility index (Phi) is 9.52. The number of carbonyl (C=O) groups is 4. The van der Waals surface area contributed by atoms with Gasteiger partial charge in [-0.15, -0.1) is 0 Å². The molecule has 2 heterocycles. The molecule has 0 saturated carbocycles. The predicted octanol–water partition coefficient (Wildman–Crippen LogP) is 0.173. The Morgan fingerprint density at radius 1 is 1.18 bits per heavy atom. The molecule has 186 valence electrons. The van der Waals surface area contributed by atoms with Gasteiger partial charge in [-0.05, 0) is 25.5 Å². The van der Waals surface area contributed by atoms with Crippen LogP contribution < -0.4 is 16.4 Å². The molecule has 3 rings (SSSR count). The second-order valence-electron chi connectivity index (χ2n) is 8.14. The van der Waals surface area contributed by atoms with E-state index >= 15 is 0 Å². The van der Waals surface area contributed by atoms with E-state index < -0.39 is 11.9 Å². The number of benzene rings is 1. The van der Waals surface area contributed by atoms with Crippen LogP contribution >= 0.6 is 0 Å². The molecule has 2 atom stereocenters. The van der Waals surface area contributed by atoms with Crippen LogP contribution in [0.1, 0.15) is 42.1 Å². The molecular weight excluding hydrogens is 444 g/mol. The summed E-state index contributed by atoms with van der Waals surface area (Å²) < 4.78 is 16.0. The van der Waals surface area contributed by atoms with E-state index in [0.717, 1.165) is 0 Å². The Morgan fingerprint density at radius 2 is 1.91 bits per heavy atom. The van der Waals surface area contributed by atoms with Gasteiger partial charge in [-0.3, -0.25) is 24.5 Å². The highest BCUT2D eigenvalue weighted by molar-refractivity contribution is 6.06. The number of hydrogen-bond donors (Lipinski definition) is 3. The summed E-state index contributed by atoms with van der Waals surface area (Å²) >= 11 is 0. The maximum Gasteiger partial charge on any atom is 0.255 e. The first kappa shape index (κ1) is 25.8. The lowest BCUT2D eigenvalue weighted by molar-refractivity contribution is -0.137. The summed E-state index contributed by atoms with van der Waals surface area (Å²) in [5.74, 6) is -1.36. The van der Waals surface area contributed by atoms with Gasteiger partial charge in [-0.25, -0.2) is 0 Å². The number of rotatable bonds is 13. The summed E-state index contributed by atoms with van der Waals surface area (Å²) in [5.41, 5.74) is 7.53. The lowest BCUT2D eigenvalue weighted by Gasteiger charge is -2.29. The summed E-state index contributed by atoms with van der Waals surface area (Å²) in [6.07, 6.45) is 0.582. The topological polar surface area (TPSA) is 149 Å². The fraction of sp³-hybridized carbons (Fsp3) is 0.565. The molecule has 0 aliphatic carbocycles. The zero-order chi connectivity index (χ0) is 24.5. The molecule has 4 N–H and O–H groups in total. The number of piperidine rings is 1. The number of ether oxygens (including phenoxy) is 3. The van der Waals surface area contributed by atoms with Crippen LogP contribution in [0.15, 0.2) is 18.2 Å². The molecule has 34 heavy (non-hydrogen) atoms. The quantitative estimate of drug-likeness (QED) is 0.269. The first-order valence-electron chi connectivity index (χ1n) is 11.5. The van der Waals surface area contributed by atoms with Crippen molar-refractivity contribution in [2.45, 2.75) is 44.8 Å². The third-order valence-electron chi connectivity index (χ3n) is 5.57. The van der Waals surface area contributed by atoms with Gasteiger partial charge in [0.15, 0.2) is 0 Å². The third kappa shape index (κ3) is 6.83. The van der Waals surface area contributed by atoms with Gasteiger partial charge in [0.1, 0.15) is 6.04 Å². The summed E-state index contributed by atoms with van der Waals surface area (Å²) in [6.45, 7) is 4.52. The van der Waals surface area contributed by atoms with Crippen LogP contribution in [-0.4, -0.2) is 80.3 Å². The van der Waals surface area contributed by atoms with E-state index in [4.69, 9.17) is 19.9 Å². The van der Waals surface area contributed by atoms with Crippen LogP contribution in [0.2, 0.25) is 0 Å². The fourth-order valence-corrected chi connectivity index (χ4v) is 3.86. The van der Waals surface area contributed by atoms with Crippen LogP contribution in [-0.2, 0) is 35.1 Å². The number of carbonyl (C=O) groups excluding carboxylic acids is 4. The average molecular weight is 477 g/mol. The molecule has 2 aliphatic rings. The number of anilines is 1. The normalized spacial score (nSPS) is 18.6. The van der Waals surface area contributed by atoms with Crippen LogP contribution in [0.4, 0.5) is 5.69 Å². The fourth-order valence-electron chi connectivity index (χ4n) is 3.86. The van der Waals surface area contributed by atoms with Crippen molar-refractivity contribution >= 4 is 29.3 Å². The minimum atomic E-state index is -0.707. The van der Waals surface area contributed by atoms with E-state index in [1.165, 1.54) is 4.90 Å². The Labute approximate surface area is 198 Å². The van der Waals surface area contributed by atoms with Crippen molar-refractivity contribution in [3.8, 4) is 0 Å². The highest BCUT2D eigenvalue weighted by atomic mass is 16.5. The van der Waals surface area contributed by atoms with Gasteiger partial charge in [-0.1, -0.05) is 6.07 Å². The molecule has 1 saturated heterocycles. The van der Waals surface area contributed by atoms with Crippen LogP contribution in [0.25, 0.3) is 0 Å². The summed E-state index contributed by atoms with van der Waals surface area (Å²) in [7, 11) is 0. The third-order valence-corrected chi connectivity index (χ3v) is 5.57. The molecule has 4 amide bonds. The minimum absolute atomic E-state index is 0.117. The van der Waals surface area contributed by atoms with Crippen LogP contribution in [0, 0.1) is 0 Å². The molecule has 1 aromatic carbocycles. The van der Waals surface area contributed by atoms with Crippen molar-refractivity contribution in [2.24, 2.45) is 5.73 Å². The highest BCUT2D eigenvalue weighted by Crippen LogP contribution is 2.32. The Balaban J connectivity index is 1.44. The lowest BCUT2D eigenvalue weighted by atomic mass is 10.0. The van der Waals surface area contributed by atoms with Crippen molar-refractivity contribution in [1.82, 2.24) is 10.2 Å². The molecule has 0 spiro atoms. The first-order chi connectivity index (χ1) is 16.4. The lowest BCUT2D eigenvalue weighted by Crippen LogP contribution is -2.52. The molecule has 11 nitrogen and oxygen atoms in total. The Morgan fingerprint density at radius 3 is 2.65 bits per heavy atom. The molecule has 0 aromatic heterocycles. The summed E-state index contributed by atoms with van der Waals surface area (Å²) in [6, 6.07) is 4.06. The van der Waals surface area contributed by atoms with Crippen LogP contribution in [0.5, 0.6) is 0 Å². The zero-order valence-corrected chi connectivity index (χ0v) is 19.3. The van der Waals surface area contributed by atoms with Crippen molar-refractivity contribution in [3.05, 3.63) is 29.3 Å². The van der Waals surface area contributed by atoms with Gasteiger partial charge in [-0.2, -0.15) is 0 Å². The van der Waals surface area contributed by atoms with Gasteiger partial charge in [0.25, 0.3) is 5.91 Å². The molecule has 2 aliphatic heterocycles. The van der Waals surface area contributed by atoms with Crippen molar-refractivity contribution in [2.75, 3.05) is 45.0 Å². The number of nitrogens with one attached hydrogen (secondary N) is 2. The van der Waals surface area contributed by atoms with Gasteiger partial charge in [0.2, 0.25) is 17.7 Å². The maximum atomic E-state index is 12.9. The largest absolute Gasteiger partial charge is 0.379 e. The van der Waals surface area contributed by atoms with Crippen molar-refractivity contribution < 1.29 is 33.4 Å². The van der Waals surface area contributed by atoms with E-state index in [9.17, 15) is 19.2 Å². The van der Waals surface area contributed by atoms with E-state index in [-0.39, 0.29) is 62.8 Å². The predicted molar refractivity (Wildman–Crippen MR) is 122 cm³/mol. The molecule has 0 bridgehead atoms. The van der Waals surface area contributed by atoms with Crippen LogP contribution in [0.3, 0.4) is 0 Å². The monoisotopic (exact) mass is 476 g/mol. The highest BCUT2D eigenvalue weighted by Gasteiger charge is 2.39. The van der Waals surface area contributed by atoms with Gasteiger partial charge in [0.05, 0.1) is 45.5 Å². The number of hydrogen-bond acceptors (Lipinski definition) is 8. The van der Waals surface area contributed by atoms with Crippen molar-refractivity contribution in [1.29, 1.82) is 0 Å². The number of imide groups is 1. The van der Waals surface area contributed by atoms with Crippen molar-refractivity contribution in [3.63, 3.8) is 0 Å². The molecular formula is C23H32N4O7. The standard InChI is InChI=1S/C23H32N4O7/c1-2-32-10-11-34-14-15(24)13-33-9-8-21(29)25-18-5-3-4-16-17(18)12-27(23(16)31)19-6-7-20(28)26-22(19)30/h3-5,15,19H,2,6-14,24H2,1H3,(H,25,29)(H,26,28,30). The van der Waals surface area contributed by atoms with Gasteiger partial charge < -0.3 is 30.2 Å². The molecule has 0 radical (unpaired) electrons. The van der Waals surface area contributed by atoms with Gasteiger partial charge in [0, 0.05) is 36.4 Å². The van der Waals surface area contributed by atoms with E-state index in [2.05, 4.69) is 10.6 Å². The minimum Gasteiger partial charge on any atom is -0.379 e. The van der Waals surface area contributed by atoms with E-state index in [1.807, 2.05) is 6.92 Å². The smallest absolute Gasteiger partial charge is 0.255 e. The summed E-state index contributed by atoms with van der Waals surface area (Å²) in [5, 5.41) is 5.10. The van der Waals surface area contributed by atoms with Gasteiger partial charge >= 0.3 is 0 Å². The molecule has 11 heteroatoms. The zero-order valence-electron chi connectivity index (χ0n) is 19.3. The molecule has 1 aromatic rings. The summed E-state index contributed by atoms with van der Waals surface area (Å²) in [4.78, 5) is 50.4. The second kappa shape index (κ2) is 12.6. The number of nitrogens with two attached hydrogens (primary N) is 1.